The summed E-state index contributed by atoms with van der Waals surface area (Å²) >= 11 is 0. The molecule has 1 unspecified atom stereocenters. The molecule has 96 valence electrons. The second-order valence-corrected chi connectivity index (χ2v) is 4.45. The number of phenolic OH excluding ortho intramolecular Hbond substituents is 1. The monoisotopic (exact) mass is 240 g/mol. The molecule has 1 atom stereocenters. The summed E-state index contributed by atoms with van der Waals surface area (Å²) in [5.41, 5.74) is -0.0641. The van der Waals surface area contributed by atoms with Gasteiger partial charge >= 0.3 is 0 Å². The fourth-order valence-electron chi connectivity index (χ4n) is 1.80. The highest BCUT2D eigenvalue weighted by Crippen LogP contribution is 2.22. The van der Waals surface area contributed by atoms with Crippen LogP contribution in [0.15, 0.2) is 24.3 Å². The van der Waals surface area contributed by atoms with Crippen LogP contribution in [0.5, 0.6) is 5.75 Å². The second kappa shape index (κ2) is 6.00. The third-order valence-electron chi connectivity index (χ3n) is 2.63. The zero-order valence-electron chi connectivity index (χ0n) is 10.5. The Labute approximate surface area is 102 Å². The van der Waals surface area contributed by atoms with Crippen LogP contribution in [0, 0.1) is 0 Å². The molecule has 0 bridgehead atoms. The summed E-state index contributed by atoms with van der Waals surface area (Å²) in [5, 5.41) is 19.6. The van der Waals surface area contributed by atoms with Crippen molar-refractivity contribution in [3.63, 3.8) is 0 Å². The fourth-order valence-corrected chi connectivity index (χ4v) is 1.80. The Bertz CT molecular complexity index is 345. The lowest BCUT2D eigenvalue weighted by Crippen LogP contribution is -2.34. The van der Waals surface area contributed by atoms with E-state index in [0.717, 1.165) is 5.56 Å². The van der Waals surface area contributed by atoms with Crippen LogP contribution in [0.1, 0.15) is 18.9 Å². The van der Waals surface area contributed by atoms with Gasteiger partial charge < -0.3 is 19.7 Å². The predicted octanol–water partition coefficient (Wildman–Crippen LogP) is 1.69. The summed E-state index contributed by atoms with van der Waals surface area (Å²) in [6.45, 7) is 1.72. The summed E-state index contributed by atoms with van der Waals surface area (Å²) < 4.78 is 10.1. The first kappa shape index (κ1) is 14.0. The van der Waals surface area contributed by atoms with E-state index in [1.54, 1.807) is 39.3 Å². The van der Waals surface area contributed by atoms with E-state index in [1.807, 2.05) is 6.07 Å². The molecule has 1 rings (SSSR count). The van der Waals surface area contributed by atoms with E-state index in [4.69, 9.17) is 9.47 Å². The number of hydrogen-bond acceptors (Lipinski definition) is 4. The van der Waals surface area contributed by atoms with E-state index in [-0.39, 0.29) is 5.75 Å². The molecular weight excluding hydrogens is 220 g/mol. The van der Waals surface area contributed by atoms with Gasteiger partial charge in [-0.3, -0.25) is 0 Å². The van der Waals surface area contributed by atoms with Crippen molar-refractivity contribution in [1.82, 2.24) is 0 Å². The van der Waals surface area contributed by atoms with E-state index >= 15 is 0 Å². The van der Waals surface area contributed by atoms with Gasteiger partial charge in [0.15, 0.2) is 6.29 Å². The minimum Gasteiger partial charge on any atom is -0.508 e. The van der Waals surface area contributed by atoms with Crippen molar-refractivity contribution in [2.45, 2.75) is 31.7 Å². The minimum atomic E-state index is -0.940. The van der Waals surface area contributed by atoms with Gasteiger partial charge in [0.1, 0.15) is 5.75 Å². The predicted molar refractivity (Wildman–Crippen MR) is 64.9 cm³/mol. The Balaban J connectivity index is 2.65. The highest BCUT2D eigenvalue weighted by molar-refractivity contribution is 5.28. The molecule has 1 aromatic carbocycles. The maximum Gasteiger partial charge on any atom is 0.159 e. The van der Waals surface area contributed by atoms with Crippen molar-refractivity contribution < 1.29 is 19.7 Å². The molecule has 4 nitrogen and oxygen atoms in total. The van der Waals surface area contributed by atoms with Crippen LogP contribution in [0.4, 0.5) is 0 Å². The van der Waals surface area contributed by atoms with Crippen molar-refractivity contribution >= 4 is 0 Å². The quantitative estimate of drug-likeness (QED) is 0.743. The summed E-state index contributed by atoms with van der Waals surface area (Å²) in [5.74, 6) is 0.202. The molecule has 2 N–H and O–H groups in total. The van der Waals surface area contributed by atoms with Gasteiger partial charge in [0.25, 0.3) is 0 Å². The van der Waals surface area contributed by atoms with Gasteiger partial charge in [-0.2, -0.15) is 0 Å². The van der Waals surface area contributed by atoms with Gasteiger partial charge in [0.05, 0.1) is 5.60 Å². The molecule has 0 heterocycles. The van der Waals surface area contributed by atoms with Crippen LogP contribution in [-0.2, 0) is 15.9 Å². The van der Waals surface area contributed by atoms with E-state index < -0.39 is 11.9 Å². The van der Waals surface area contributed by atoms with Crippen LogP contribution >= 0.6 is 0 Å². The van der Waals surface area contributed by atoms with Crippen molar-refractivity contribution in [3.8, 4) is 5.75 Å². The molecule has 0 aromatic heterocycles. The van der Waals surface area contributed by atoms with Crippen LogP contribution in [0.2, 0.25) is 0 Å². The number of aliphatic hydroxyl groups is 1. The van der Waals surface area contributed by atoms with E-state index in [9.17, 15) is 10.2 Å². The topological polar surface area (TPSA) is 58.9 Å². The maximum atomic E-state index is 10.2. The van der Waals surface area contributed by atoms with Gasteiger partial charge in [-0.1, -0.05) is 12.1 Å². The van der Waals surface area contributed by atoms with Gasteiger partial charge in [-0.05, 0) is 24.6 Å². The van der Waals surface area contributed by atoms with E-state index in [2.05, 4.69) is 0 Å². The smallest absolute Gasteiger partial charge is 0.159 e. The SMILES string of the molecule is COC(CC(C)(O)Cc1cccc(O)c1)OC. The second-order valence-electron chi connectivity index (χ2n) is 4.45. The zero-order valence-corrected chi connectivity index (χ0v) is 10.5. The summed E-state index contributed by atoms with van der Waals surface area (Å²) in [4.78, 5) is 0. The van der Waals surface area contributed by atoms with Gasteiger partial charge in [0, 0.05) is 27.1 Å². The summed E-state index contributed by atoms with van der Waals surface area (Å²) in [7, 11) is 3.08. The number of phenols is 1. The zero-order chi connectivity index (χ0) is 12.9. The normalized spacial score (nSPS) is 14.9. The Morgan fingerprint density at radius 1 is 1.29 bits per heavy atom. The minimum absolute atomic E-state index is 0.202. The molecule has 0 spiro atoms. The standard InChI is InChI=1S/C13H20O4/c1-13(15,9-12(16-2)17-3)8-10-5-4-6-11(14)7-10/h4-7,12,14-15H,8-9H2,1-3H3. The lowest BCUT2D eigenvalue weighted by Gasteiger charge is -2.27. The van der Waals surface area contributed by atoms with Crippen molar-refractivity contribution in [2.75, 3.05) is 14.2 Å². The third-order valence-corrected chi connectivity index (χ3v) is 2.63. The van der Waals surface area contributed by atoms with Crippen LogP contribution < -0.4 is 0 Å². The van der Waals surface area contributed by atoms with Gasteiger partial charge in [0.2, 0.25) is 0 Å². The molecular formula is C13H20O4. The number of benzene rings is 1. The molecule has 0 amide bonds. The molecule has 0 saturated heterocycles. The summed E-state index contributed by atoms with van der Waals surface area (Å²) in [6.07, 6.45) is 0.377. The van der Waals surface area contributed by atoms with Gasteiger partial charge in [-0.15, -0.1) is 0 Å². The molecule has 4 heteroatoms. The number of ether oxygens (including phenoxy) is 2. The van der Waals surface area contributed by atoms with E-state index in [0.29, 0.717) is 12.8 Å². The fraction of sp³-hybridized carbons (Fsp3) is 0.538. The molecule has 0 radical (unpaired) electrons. The number of hydrogen-bond donors (Lipinski definition) is 2. The Hall–Kier alpha value is -1.10. The maximum absolute atomic E-state index is 10.2. The first-order valence-electron chi connectivity index (χ1n) is 5.53. The summed E-state index contributed by atoms with van der Waals surface area (Å²) in [6, 6.07) is 6.86. The molecule has 0 aliphatic carbocycles. The van der Waals surface area contributed by atoms with E-state index in [1.165, 1.54) is 0 Å². The highest BCUT2D eigenvalue weighted by atomic mass is 16.7. The Morgan fingerprint density at radius 3 is 2.47 bits per heavy atom. The molecule has 0 aliphatic rings. The lowest BCUT2D eigenvalue weighted by molar-refractivity contribution is -0.139. The molecule has 1 aromatic rings. The Morgan fingerprint density at radius 2 is 1.94 bits per heavy atom. The largest absolute Gasteiger partial charge is 0.508 e. The first-order chi connectivity index (χ1) is 7.96. The number of aromatic hydroxyl groups is 1. The lowest BCUT2D eigenvalue weighted by atomic mass is 9.93. The molecule has 17 heavy (non-hydrogen) atoms. The first-order valence-corrected chi connectivity index (χ1v) is 5.53. The average Bonchev–Trinajstić information content (AvgIpc) is 2.25. The third kappa shape index (κ3) is 4.73. The number of methoxy groups -OCH3 is 2. The van der Waals surface area contributed by atoms with Crippen molar-refractivity contribution in [3.05, 3.63) is 29.8 Å². The Kier molecular flexibility index (Phi) is 4.93. The highest BCUT2D eigenvalue weighted by Gasteiger charge is 2.26. The van der Waals surface area contributed by atoms with Crippen LogP contribution in [-0.4, -0.2) is 36.3 Å². The molecule has 0 fully saturated rings. The van der Waals surface area contributed by atoms with Crippen LogP contribution in [0.25, 0.3) is 0 Å². The average molecular weight is 240 g/mol. The van der Waals surface area contributed by atoms with Gasteiger partial charge in [-0.25, -0.2) is 0 Å². The number of rotatable bonds is 6. The van der Waals surface area contributed by atoms with Crippen LogP contribution in [0.3, 0.4) is 0 Å². The van der Waals surface area contributed by atoms with Crippen molar-refractivity contribution in [1.29, 1.82) is 0 Å². The molecule has 0 saturated carbocycles. The molecule has 0 aliphatic heterocycles. The van der Waals surface area contributed by atoms with Crippen molar-refractivity contribution in [2.24, 2.45) is 0 Å².